The molecule has 21 heavy (non-hydrogen) atoms. The van der Waals surface area contributed by atoms with E-state index in [9.17, 15) is 23.1 Å². The predicted molar refractivity (Wildman–Crippen MR) is 72.0 cm³/mol. The van der Waals surface area contributed by atoms with E-state index in [1.807, 2.05) is 0 Å². The average Bonchev–Trinajstić information content (AvgIpc) is 2.85. The maximum absolute atomic E-state index is 12.0. The van der Waals surface area contributed by atoms with Crippen LogP contribution < -0.4 is 10.0 Å². The number of aryl methyl sites for hydroxylation is 1. The van der Waals surface area contributed by atoms with E-state index < -0.39 is 34.5 Å². The lowest BCUT2D eigenvalue weighted by molar-refractivity contribution is -0.149. The molecule has 1 aromatic rings. The first-order chi connectivity index (χ1) is 9.72. The Morgan fingerprint density at radius 3 is 2.62 bits per heavy atom. The van der Waals surface area contributed by atoms with Gasteiger partial charge in [-0.2, -0.15) is 0 Å². The van der Waals surface area contributed by atoms with Gasteiger partial charge in [-0.25, -0.2) is 17.9 Å². The number of rotatable bonds is 6. The minimum atomic E-state index is -3.96. The molecule has 0 aromatic carbocycles. The van der Waals surface area contributed by atoms with Crippen molar-refractivity contribution in [1.82, 2.24) is 14.6 Å². The molecule has 9 nitrogen and oxygen atoms in total. The molecule has 0 bridgehead atoms. The fourth-order valence-corrected chi connectivity index (χ4v) is 2.63. The van der Waals surface area contributed by atoms with Crippen LogP contribution in [0.1, 0.15) is 10.5 Å². The zero-order valence-corrected chi connectivity index (χ0v) is 12.6. The number of sulfonamides is 1. The molecule has 1 amide bonds. The van der Waals surface area contributed by atoms with Gasteiger partial charge in [0.2, 0.25) is 10.0 Å². The summed E-state index contributed by atoms with van der Waals surface area (Å²) >= 11 is 0. The van der Waals surface area contributed by atoms with Crippen molar-refractivity contribution in [3.05, 3.63) is 18.0 Å². The highest BCUT2D eigenvalue weighted by atomic mass is 32.2. The molecule has 1 heterocycles. The maximum Gasteiger partial charge on any atom is 0.336 e. The van der Waals surface area contributed by atoms with Crippen molar-refractivity contribution >= 4 is 21.9 Å². The summed E-state index contributed by atoms with van der Waals surface area (Å²) in [5, 5.41) is 11.7. The number of hydrogen-bond acceptors (Lipinski definition) is 6. The minimum Gasteiger partial charge on any atom is -0.467 e. The number of methoxy groups -OCH3 is 1. The van der Waals surface area contributed by atoms with E-state index in [0.717, 1.165) is 7.11 Å². The van der Waals surface area contributed by atoms with Gasteiger partial charge < -0.3 is 19.7 Å². The number of aromatic nitrogens is 1. The standard InChI is InChI=1S/C11H17N3O6S/c1-12-10(16)8-4-7(6-14(8)2)21(18,19)13-5-9(15)11(17)20-3/h4,6,9,13,15H,5H2,1-3H3,(H,12,16). The van der Waals surface area contributed by atoms with Gasteiger partial charge in [0.05, 0.1) is 7.11 Å². The number of nitrogens with zero attached hydrogens (tertiary/aromatic N) is 1. The summed E-state index contributed by atoms with van der Waals surface area (Å²) < 4.78 is 31.7. The summed E-state index contributed by atoms with van der Waals surface area (Å²) in [7, 11) is 0.0630. The van der Waals surface area contributed by atoms with E-state index in [0.29, 0.717) is 0 Å². The van der Waals surface area contributed by atoms with Gasteiger partial charge in [0.15, 0.2) is 6.10 Å². The predicted octanol–water partition coefficient (Wildman–Crippen LogP) is -1.80. The first kappa shape index (κ1) is 17.1. The Kier molecular flexibility index (Phi) is 5.47. The summed E-state index contributed by atoms with van der Waals surface area (Å²) in [6.07, 6.45) is -0.357. The SMILES string of the molecule is CNC(=O)c1cc(S(=O)(=O)NCC(O)C(=O)OC)cn1C. The molecule has 0 radical (unpaired) electrons. The summed E-state index contributed by atoms with van der Waals surface area (Å²) in [6, 6.07) is 1.19. The van der Waals surface area contributed by atoms with Gasteiger partial charge in [0, 0.05) is 26.8 Å². The Hall–Kier alpha value is -1.91. The van der Waals surface area contributed by atoms with Crippen molar-refractivity contribution < 1.29 is 27.9 Å². The normalized spacial score (nSPS) is 12.8. The van der Waals surface area contributed by atoms with Gasteiger partial charge >= 0.3 is 5.97 Å². The number of amides is 1. The number of carbonyl (C=O) groups is 2. The molecule has 118 valence electrons. The van der Waals surface area contributed by atoms with Gasteiger partial charge in [0.25, 0.3) is 5.91 Å². The fourth-order valence-electron chi connectivity index (χ4n) is 1.53. The van der Waals surface area contributed by atoms with Crippen LogP contribution in [0.4, 0.5) is 0 Å². The Balaban J connectivity index is 2.89. The summed E-state index contributed by atoms with van der Waals surface area (Å²) in [5.74, 6) is -1.38. The second kappa shape index (κ2) is 6.70. The number of esters is 1. The molecule has 0 spiro atoms. The summed E-state index contributed by atoms with van der Waals surface area (Å²) in [4.78, 5) is 22.4. The first-order valence-corrected chi connectivity index (χ1v) is 7.35. The van der Waals surface area contributed by atoms with E-state index in [1.54, 1.807) is 0 Å². The van der Waals surface area contributed by atoms with Crippen LogP contribution in [-0.4, -0.2) is 56.8 Å². The molecule has 0 saturated heterocycles. The van der Waals surface area contributed by atoms with Crippen molar-refractivity contribution in [1.29, 1.82) is 0 Å². The molecule has 0 aliphatic rings. The molecular formula is C11H17N3O6S. The van der Waals surface area contributed by atoms with E-state index >= 15 is 0 Å². The molecule has 1 rings (SSSR count). The highest BCUT2D eigenvalue weighted by molar-refractivity contribution is 7.89. The molecule has 10 heteroatoms. The van der Waals surface area contributed by atoms with E-state index in [-0.39, 0.29) is 10.6 Å². The topological polar surface area (TPSA) is 127 Å². The lowest BCUT2D eigenvalue weighted by atomic mass is 10.4. The Labute approximate surface area is 121 Å². The van der Waals surface area contributed by atoms with E-state index in [2.05, 4.69) is 14.8 Å². The monoisotopic (exact) mass is 319 g/mol. The second-order valence-corrected chi connectivity index (χ2v) is 5.91. The minimum absolute atomic E-state index is 0.152. The van der Waals surface area contributed by atoms with E-state index in [4.69, 9.17) is 0 Å². The number of carbonyl (C=O) groups excluding carboxylic acids is 2. The van der Waals surface area contributed by atoms with Crippen molar-refractivity contribution in [2.45, 2.75) is 11.0 Å². The summed E-state index contributed by atoms with van der Waals surface area (Å²) in [6.45, 7) is -0.529. The lowest BCUT2D eigenvalue weighted by Gasteiger charge is -2.09. The number of aliphatic hydroxyl groups is 1. The maximum atomic E-state index is 12.0. The van der Waals surface area contributed by atoms with Crippen LogP contribution in [0.3, 0.4) is 0 Å². The molecule has 0 aliphatic carbocycles. The third-order valence-electron chi connectivity index (χ3n) is 2.69. The zero-order valence-electron chi connectivity index (χ0n) is 11.8. The van der Waals surface area contributed by atoms with Crippen LogP contribution in [0.2, 0.25) is 0 Å². The van der Waals surface area contributed by atoms with Crippen LogP contribution in [0.25, 0.3) is 0 Å². The smallest absolute Gasteiger partial charge is 0.336 e. The number of hydrogen-bond donors (Lipinski definition) is 3. The van der Waals surface area contributed by atoms with E-state index in [1.165, 1.54) is 30.9 Å². The second-order valence-electron chi connectivity index (χ2n) is 4.14. The van der Waals surface area contributed by atoms with Crippen LogP contribution >= 0.6 is 0 Å². The first-order valence-electron chi connectivity index (χ1n) is 5.87. The number of aliphatic hydroxyl groups excluding tert-OH is 1. The molecule has 3 N–H and O–H groups in total. The zero-order chi connectivity index (χ0) is 16.2. The molecule has 0 aliphatic heterocycles. The van der Waals surface area contributed by atoms with Crippen LogP contribution in [0, 0.1) is 0 Å². The van der Waals surface area contributed by atoms with Gasteiger partial charge in [-0.1, -0.05) is 0 Å². The largest absolute Gasteiger partial charge is 0.467 e. The molecular weight excluding hydrogens is 302 g/mol. The van der Waals surface area contributed by atoms with Gasteiger partial charge in [0.1, 0.15) is 10.6 Å². The Morgan fingerprint density at radius 1 is 1.48 bits per heavy atom. The highest BCUT2D eigenvalue weighted by Gasteiger charge is 2.23. The molecule has 1 aromatic heterocycles. The molecule has 1 unspecified atom stereocenters. The van der Waals surface area contributed by atoms with Gasteiger partial charge in [-0.05, 0) is 6.07 Å². The van der Waals surface area contributed by atoms with Crippen LogP contribution in [-0.2, 0) is 26.6 Å². The Bertz CT molecular complexity index is 636. The number of nitrogens with one attached hydrogen (secondary N) is 2. The molecule has 0 fully saturated rings. The van der Waals surface area contributed by atoms with Crippen molar-refractivity contribution in [2.24, 2.45) is 7.05 Å². The van der Waals surface area contributed by atoms with Crippen LogP contribution in [0.5, 0.6) is 0 Å². The van der Waals surface area contributed by atoms with Gasteiger partial charge in [-0.15, -0.1) is 0 Å². The molecule has 0 saturated carbocycles. The lowest BCUT2D eigenvalue weighted by Crippen LogP contribution is -2.37. The van der Waals surface area contributed by atoms with Crippen molar-refractivity contribution in [2.75, 3.05) is 20.7 Å². The van der Waals surface area contributed by atoms with Crippen molar-refractivity contribution in [3.63, 3.8) is 0 Å². The van der Waals surface area contributed by atoms with Gasteiger partial charge in [-0.3, -0.25) is 4.79 Å². The third-order valence-corrected chi connectivity index (χ3v) is 4.08. The third kappa shape index (κ3) is 4.03. The highest BCUT2D eigenvalue weighted by Crippen LogP contribution is 2.13. The average molecular weight is 319 g/mol. The van der Waals surface area contributed by atoms with Crippen molar-refractivity contribution in [3.8, 4) is 0 Å². The molecule has 1 atom stereocenters. The Morgan fingerprint density at radius 2 is 2.10 bits per heavy atom. The van der Waals surface area contributed by atoms with Crippen LogP contribution in [0.15, 0.2) is 17.2 Å². The fraction of sp³-hybridized carbons (Fsp3) is 0.455. The quantitative estimate of drug-likeness (QED) is 0.531. The summed E-state index contributed by atoms with van der Waals surface area (Å²) in [5.41, 5.74) is 0.159. The number of ether oxygens (including phenoxy) is 1.